The molecule has 0 aromatic carbocycles. The molecule has 15 heavy (non-hydrogen) atoms. The molecule has 0 radical (unpaired) electrons. The van der Waals surface area contributed by atoms with Gasteiger partial charge >= 0.3 is 0 Å². The number of aliphatic hydroxyl groups is 1. The lowest BCUT2D eigenvalue weighted by Gasteiger charge is -2.19. The third-order valence-electron chi connectivity index (χ3n) is 2.80. The van der Waals surface area contributed by atoms with Gasteiger partial charge in [-0.15, -0.1) is 0 Å². The molecule has 0 amide bonds. The Labute approximate surface area is 89.1 Å². The van der Waals surface area contributed by atoms with Crippen molar-refractivity contribution in [3.63, 3.8) is 0 Å². The van der Waals surface area contributed by atoms with Crippen LogP contribution in [0.1, 0.15) is 18.1 Å². The van der Waals surface area contributed by atoms with Crippen LogP contribution in [0.2, 0.25) is 0 Å². The van der Waals surface area contributed by atoms with Gasteiger partial charge in [-0.1, -0.05) is 0 Å². The van der Waals surface area contributed by atoms with E-state index in [4.69, 9.17) is 9.84 Å². The van der Waals surface area contributed by atoms with Crippen molar-refractivity contribution in [2.45, 2.75) is 25.8 Å². The van der Waals surface area contributed by atoms with Gasteiger partial charge in [0.1, 0.15) is 5.82 Å². The van der Waals surface area contributed by atoms with Gasteiger partial charge in [0.2, 0.25) is 0 Å². The maximum atomic E-state index is 9.09. The molecule has 0 saturated carbocycles. The first-order chi connectivity index (χ1) is 7.33. The maximum Gasteiger partial charge on any atom is 0.153 e. The predicted octanol–water partition coefficient (Wildman–Crippen LogP) is 0.0217. The number of rotatable bonds is 4. The van der Waals surface area contributed by atoms with Gasteiger partial charge in [0, 0.05) is 33.1 Å². The molecule has 5 heteroatoms. The fourth-order valence-corrected chi connectivity index (χ4v) is 1.88. The zero-order chi connectivity index (χ0) is 10.7. The summed E-state index contributed by atoms with van der Waals surface area (Å²) in [7, 11) is 1.68. The summed E-state index contributed by atoms with van der Waals surface area (Å²) in [6.07, 6.45) is 2.60. The van der Waals surface area contributed by atoms with Crippen LogP contribution in [0.5, 0.6) is 0 Å². The highest BCUT2D eigenvalue weighted by molar-refractivity contribution is 4.97. The Morgan fingerprint density at radius 1 is 1.60 bits per heavy atom. The zero-order valence-corrected chi connectivity index (χ0v) is 9.02. The largest absolute Gasteiger partial charge is 0.396 e. The van der Waals surface area contributed by atoms with Crippen LogP contribution >= 0.6 is 0 Å². The van der Waals surface area contributed by atoms with Crippen LogP contribution in [0.15, 0.2) is 0 Å². The highest BCUT2D eigenvalue weighted by Crippen LogP contribution is 2.18. The lowest BCUT2D eigenvalue weighted by molar-refractivity contribution is 0.195. The number of hydrogen-bond donors (Lipinski definition) is 1. The van der Waals surface area contributed by atoms with Crippen molar-refractivity contribution >= 4 is 0 Å². The second kappa shape index (κ2) is 4.72. The highest BCUT2D eigenvalue weighted by Gasteiger charge is 2.20. The summed E-state index contributed by atoms with van der Waals surface area (Å²) in [6, 6.07) is 0. The number of aromatic nitrogens is 3. The van der Waals surface area contributed by atoms with Crippen LogP contribution < -0.4 is 0 Å². The third-order valence-corrected chi connectivity index (χ3v) is 2.80. The van der Waals surface area contributed by atoms with Crippen molar-refractivity contribution < 1.29 is 9.84 Å². The van der Waals surface area contributed by atoms with Crippen molar-refractivity contribution in [3.05, 3.63) is 11.6 Å². The molecule has 2 rings (SSSR count). The average Bonchev–Trinajstić information content (AvgIpc) is 2.67. The topological polar surface area (TPSA) is 60.2 Å². The molecule has 1 aromatic rings. The Kier molecular flexibility index (Phi) is 3.33. The van der Waals surface area contributed by atoms with Gasteiger partial charge in [-0.2, -0.15) is 5.10 Å². The molecule has 0 bridgehead atoms. The summed E-state index contributed by atoms with van der Waals surface area (Å²) in [4.78, 5) is 4.45. The van der Waals surface area contributed by atoms with E-state index >= 15 is 0 Å². The van der Waals surface area contributed by atoms with E-state index in [0.29, 0.717) is 12.5 Å². The van der Waals surface area contributed by atoms with Crippen LogP contribution in [-0.2, 0) is 24.1 Å². The van der Waals surface area contributed by atoms with Crippen molar-refractivity contribution in [2.24, 2.45) is 5.92 Å². The molecule has 0 fully saturated rings. The Morgan fingerprint density at radius 3 is 3.20 bits per heavy atom. The van der Waals surface area contributed by atoms with Gasteiger partial charge in [0.25, 0.3) is 0 Å². The van der Waals surface area contributed by atoms with Gasteiger partial charge in [-0.3, -0.25) is 0 Å². The average molecular weight is 211 g/mol. The molecule has 1 atom stereocenters. The molecular weight excluding hydrogens is 194 g/mol. The summed E-state index contributed by atoms with van der Waals surface area (Å²) in [5, 5.41) is 13.5. The number of methoxy groups -OCH3 is 1. The first-order valence-corrected chi connectivity index (χ1v) is 5.36. The van der Waals surface area contributed by atoms with E-state index in [-0.39, 0.29) is 6.61 Å². The van der Waals surface area contributed by atoms with E-state index in [9.17, 15) is 0 Å². The molecule has 1 aliphatic heterocycles. The number of fused-ring (bicyclic) bond motifs is 1. The minimum atomic E-state index is 0.250. The van der Waals surface area contributed by atoms with Gasteiger partial charge in [0.05, 0.1) is 6.61 Å². The van der Waals surface area contributed by atoms with Crippen molar-refractivity contribution in [1.82, 2.24) is 14.8 Å². The van der Waals surface area contributed by atoms with Gasteiger partial charge in [0.15, 0.2) is 5.82 Å². The van der Waals surface area contributed by atoms with Crippen LogP contribution in [0, 0.1) is 5.92 Å². The van der Waals surface area contributed by atoms with Crippen LogP contribution in [-0.4, -0.2) is 40.2 Å². The fraction of sp³-hybridized carbons (Fsp3) is 0.800. The summed E-state index contributed by atoms with van der Waals surface area (Å²) >= 11 is 0. The number of hydrogen-bond acceptors (Lipinski definition) is 4. The van der Waals surface area contributed by atoms with Crippen molar-refractivity contribution in [3.8, 4) is 0 Å². The van der Waals surface area contributed by atoms with E-state index in [0.717, 1.165) is 37.5 Å². The number of aliphatic hydroxyl groups excluding tert-OH is 1. The molecule has 0 aliphatic carbocycles. The normalized spacial score (nSPS) is 20.3. The second-order valence-electron chi connectivity index (χ2n) is 3.95. The third kappa shape index (κ3) is 2.35. The van der Waals surface area contributed by atoms with Gasteiger partial charge in [-0.05, 0) is 12.3 Å². The monoisotopic (exact) mass is 211 g/mol. The first kappa shape index (κ1) is 10.6. The lowest BCUT2D eigenvalue weighted by atomic mass is 9.99. The van der Waals surface area contributed by atoms with Crippen LogP contribution in [0.3, 0.4) is 0 Å². The van der Waals surface area contributed by atoms with Crippen LogP contribution in [0.25, 0.3) is 0 Å². The number of aryl methyl sites for hydroxylation is 1. The maximum absolute atomic E-state index is 9.09. The quantitative estimate of drug-likeness (QED) is 0.763. The van der Waals surface area contributed by atoms with E-state index in [1.807, 2.05) is 4.68 Å². The highest BCUT2D eigenvalue weighted by atomic mass is 16.5. The summed E-state index contributed by atoms with van der Waals surface area (Å²) in [5.74, 6) is 2.22. The standard InChI is InChI=1S/C10H17N3O2/c1-15-5-3-9-11-10-6-8(7-14)2-4-13(10)12-9/h8,14H,2-7H2,1H3. The Morgan fingerprint density at radius 2 is 2.47 bits per heavy atom. The predicted molar refractivity (Wildman–Crippen MR) is 54.5 cm³/mol. The molecule has 0 saturated heterocycles. The molecule has 1 aromatic heterocycles. The van der Waals surface area contributed by atoms with E-state index in [1.54, 1.807) is 7.11 Å². The molecule has 1 aliphatic rings. The van der Waals surface area contributed by atoms with Crippen molar-refractivity contribution in [2.75, 3.05) is 20.3 Å². The molecule has 84 valence electrons. The fourth-order valence-electron chi connectivity index (χ4n) is 1.88. The summed E-state index contributed by atoms with van der Waals surface area (Å²) in [5.41, 5.74) is 0. The second-order valence-corrected chi connectivity index (χ2v) is 3.95. The number of ether oxygens (including phenoxy) is 1. The Bertz CT molecular complexity index is 324. The lowest BCUT2D eigenvalue weighted by Crippen LogP contribution is -2.22. The number of nitrogens with zero attached hydrogens (tertiary/aromatic N) is 3. The molecular formula is C10H17N3O2. The Hall–Kier alpha value is -0.940. The molecule has 1 N–H and O–H groups in total. The van der Waals surface area contributed by atoms with E-state index in [2.05, 4.69) is 10.1 Å². The minimum Gasteiger partial charge on any atom is -0.396 e. The van der Waals surface area contributed by atoms with E-state index < -0.39 is 0 Å². The molecule has 1 unspecified atom stereocenters. The first-order valence-electron chi connectivity index (χ1n) is 5.36. The van der Waals surface area contributed by atoms with Crippen LogP contribution in [0.4, 0.5) is 0 Å². The smallest absolute Gasteiger partial charge is 0.153 e. The van der Waals surface area contributed by atoms with Gasteiger partial charge < -0.3 is 9.84 Å². The Balaban J connectivity index is 2.04. The van der Waals surface area contributed by atoms with Gasteiger partial charge in [-0.25, -0.2) is 9.67 Å². The molecule has 2 heterocycles. The molecule has 5 nitrogen and oxygen atoms in total. The summed E-state index contributed by atoms with van der Waals surface area (Å²) in [6.45, 7) is 1.79. The minimum absolute atomic E-state index is 0.250. The van der Waals surface area contributed by atoms with Crippen molar-refractivity contribution in [1.29, 1.82) is 0 Å². The van der Waals surface area contributed by atoms with E-state index in [1.165, 1.54) is 0 Å². The molecule has 0 spiro atoms. The zero-order valence-electron chi connectivity index (χ0n) is 9.02. The summed E-state index contributed by atoms with van der Waals surface area (Å²) < 4.78 is 6.95. The SMILES string of the molecule is COCCc1nc2n(n1)CCC(CO)C2.